The third kappa shape index (κ3) is 2.86. The van der Waals surface area contributed by atoms with Crippen LogP contribution in [0.15, 0.2) is 42.7 Å². The molecule has 0 fully saturated rings. The van der Waals surface area contributed by atoms with Gasteiger partial charge in [0.1, 0.15) is 5.82 Å². The molecule has 2 nitrogen and oxygen atoms in total. The summed E-state index contributed by atoms with van der Waals surface area (Å²) in [6.45, 7) is 4.15. The first-order valence-corrected chi connectivity index (χ1v) is 6.13. The Morgan fingerprint density at radius 2 is 1.94 bits per heavy atom. The molecule has 94 valence electrons. The van der Waals surface area contributed by atoms with Crippen molar-refractivity contribution in [2.75, 3.05) is 5.32 Å². The van der Waals surface area contributed by atoms with Crippen LogP contribution in [0.2, 0.25) is 0 Å². The predicted octanol–water partition coefficient (Wildman–Crippen LogP) is 4.09. The molecule has 3 heteroatoms. The third-order valence-electron chi connectivity index (χ3n) is 3.05. The Bertz CT molecular complexity index is 508. The van der Waals surface area contributed by atoms with Gasteiger partial charge in [0.05, 0.1) is 17.9 Å². The molecule has 0 saturated carbocycles. The fourth-order valence-corrected chi connectivity index (χ4v) is 1.92. The summed E-state index contributed by atoms with van der Waals surface area (Å²) in [6.07, 6.45) is 4.53. The Labute approximate surface area is 107 Å². The summed E-state index contributed by atoms with van der Waals surface area (Å²) < 4.78 is 12.9. The fourth-order valence-electron chi connectivity index (χ4n) is 1.92. The van der Waals surface area contributed by atoms with Crippen LogP contribution in [0.4, 0.5) is 10.1 Å². The molecule has 2 aromatic rings. The first kappa shape index (κ1) is 12.6. The van der Waals surface area contributed by atoms with Crippen LogP contribution in [-0.2, 0) is 0 Å². The van der Waals surface area contributed by atoms with Crippen molar-refractivity contribution in [3.63, 3.8) is 0 Å². The maximum Gasteiger partial charge on any atom is 0.123 e. The Balaban J connectivity index is 2.20. The van der Waals surface area contributed by atoms with E-state index >= 15 is 0 Å². The summed E-state index contributed by atoms with van der Waals surface area (Å²) in [5.41, 5.74) is 3.27. The van der Waals surface area contributed by atoms with Gasteiger partial charge in [0, 0.05) is 6.20 Å². The van der Waals surface area contributed by atoms with Crippen LogP contribution in [0.5, 0.6) is 0 Å². The molecule has 0 aliphatic heterocycles. The van der Waals surface area contributed by atoms with E-state index in [9.17, 15) is 4.39 Å². The van der Waals surface area contributed by atoms with Gasteiger partial charge >= 0.3 is 0 Å². The molecule has 0 bridgehead atoms. The number of anilines is 1. The first-order valence-electron chi connectivity index (χ1n) is 6.13. The number of hydrogen-bond donors (Lipinski definition) is 1. The summed E-state index contributed by atoms with van der Waals surface area (Å²) in [4.78, 5) is 4.12. The molecule has 2 rings (SSSR count). The van der Waals surface area contributed by atoms with Crippen molar-refractivity contribution in [3.8, 4) is 0 Å². The smallest absolute Gasteiger partial charge is 0.123 e. The van der Waals surface area contributed by atoms with Crippen LogP contribution >= 0.6 is 0 Å². The average Bonchev–Trinajstić information content (AvgIpc) is 2.39. The summed E-state index contributed by atoms with van der Waals surface area (Å²) >= 11 is 0. The highest BCUT2D eigenvalue weighted by Crippen LogP contribution is 2.24. The van der Waals surface area contributed by atoms with Crippen molar-refractivity contribution < 1.29 is 4.39 Å². The minimum absolute atomic E-state index is 0.175. The number of pyridine rings is 1. The van der Waals surface area contributed by atoms with E-state index in [2.05, 4.69) is 17.2 Å². The van der Waals surface area contributed by atoms with Crippen LogP contribution in [0.1, 0.15) is 30.5 Å². The number of nitrogens with zero attached hydrogens (tertiary/aromatic N) is 1. The molecule has 1 aromatic heterocycles. The zero-order valence-corrected chi connectivity index (χ0v) is 10.7. The van der Waals surface area contributed by atoms with Crippen LogP contribution in [0.25, 0.3) is 0 Å². The topological polar surface area (TPSA) is 24.9 Å². The van der Waals surface area contributed by atoms with Crippen molar-refractivity contribution in [2.45, 2.75) is 26.3 Å². The monoisotopic (exact) mass is 244 g/mol. The van der Waals surface area contributed by atoms with Gasteiger partial charge in [-0.05, 0) is 42.7 Å². The number of halogens is 1. The highest BCUT2D eigenvalue weighted by molar-refractivity contribution is 5.49. The fraction of sp³-hybridized carbons (Fsp3) is 0.267. The minimum atomic E-state index is -0.203. The molecule has 0 spiro atoms. The van der Waals surface area contributed by atoms with Crippen LogP contribution < -0.4 is 5.32 Å². The maximum absolute atomic E-state index is 12.9. The number of rotatable bonds is 4. The predicted molar refractivity (Wildman–Crippen MR) is 72.0 cm³/mol. The number of hydrogen-bond acceptors (Lipinski definition) is 2. The van der Waals surface area contributed by atoms with E-state index in [0.29, 0.717) is 0 Å². The van der Waals surface area contributed by atoms with Crippen molar-refractivity contribution >= 4 is 5.69 Å². The lowest BCUT2D eigenvalue weighted by Gasteiger charge is -2.19. The summed E-state index contributed by atoms with van der Waals surface area (Å²) in [5, 5.41) is 3.45. The number of nitrogens with one attached hydrogen (secondary N) is 1. The molecule has 0 amide bonds. The molecule has 0 aliphatic rings. The van der Waals surface area contributed by atoms with Gasteiger partial charge in [-0.3, -0.25) is 4.98 Å². The third-order valence-corrected chi connectivity index (χ3v) is 3.05. The van der Waals surface area contributed by atoms with E-state index in [1.165, 1.54) is 12.1 Å². The summed E-state index contributed by atoms with van der Waals surface area (Å²) in [7, 11) is 0. The second-order valence-electron chi connectivity index (χ2n) is 4.35. The molecular weight excluding hydrogens is 227 g/mol. The lowest BCUT2D eigenvalue weighted by atomic mass is 10.0. The second-order valence-corrected chi connectivity index (χ2v) is 4.35. The van der Waals surface area contributed by atoms with Crippen molar-refractivity contribution in [2.24, 2.45) is 0 Å². The highest BCUT2D eigenvalue weighted by Gasteiger charge is 2.10. The van der Waals surface area contributed by atoms with Gasteiger partial charge in [-0.2, -0.15) is 0 Å². The Morgan fingerprint density at radius 1 is 1.22 bits per heavy atom. The van der Waals surface area contributed by atoms with E-state index < -0.39 is 0 Å². The molecule has 1 unspecified atom stereocenters. The largest absolute Gasteiger partial charge is 0.377 e. The van der Waals surface area contributed by atoms with Gasteiger partial charge in [0.25, 0.3) is 0 Å². The highest BCUT2D eigenvalue weighted by atomic mass is 19.1. The van der Waals surface area contributed by atoms with E-state index in [4.69, 9.17) is 0 Å². The van der Waals surface area contributed by atoms with E-state index in [1.54, 1.807) is 6.20 Å². The van der Waals surface area contributed by atoms with Gasteiger partial charge in [0.15, 0.2) is 0 Å². The molecule has 1 aromatic carbocycles. The normalized spacial score (nSPS) is 12.2. The van der Waals surface area contributed by atoms with E-state index in [0.717, 1.165) is 23.2 Å². The average molecular weight is 244 g/mol. The van der Waals surface area contributed by atoms with Gasteiger partial charge in [-0.15, -0.1) is 0 Å². The number of benzene rings is 1. The first-order chi connectivity index (χ1) is 8.70. The Kier molecular flexibility index (Phi) is 3.92. The van der Waals surface area contributed by atoms with Gasteiger partial charge in [-0.25, -0.2) is 4.39 Å². The minimum Gasteiger partial charge on any atom is -0.377 e. The molecule has 0 aliphatic carbocycles. The molecular formula is C15H17FN2. The molecule has 1 N–H and O–H groups in total. The van der Waals surface area contributed by atoms with Gasteiger partial charge < -0.3 is 5.32 Å². The van der Waals surface area contributed by atoms with Crippen LogP contribution in [-0.4, -0.2) is 4.98 Å². The molecule has 18 heavy (non-hydrogen) atoms. The number of aryl methyl sites for hydroxylation is 1. The second kappa shape index (κ2) is 5.63. The summed E-state index contributed by atoms with van der Waals surface area (Å²) in [5.74, 6) is -0.203. The Hall–Kier alpha value is -1.90. The summed E-state index contributed by atoms with van der Waals surface area (Å²) in [6, 6.07) is 8.78. The van der Waals surface area contributed by atoms with E-state index in [1.807, 2.05) is 31.3 Å². The maximum atomic E-state index is 12.9. The van der Waals surface area contributed by atoms with Crippen molar-refractivity contribution in [3.05, 3.63) is 59.7 Å². The van der Waals surface area contributed by atoms with Crippen LogP contribution in [0.3, 0.4) is 0 Å². The zero-order chi connectivity index (χ0) is 13.0. The van der Waals surface area contributed by atoms with Crippen molar-refractivity contribution in [1.29, 1.82) is 0 Å². The standard InChI is InChI=1S/C15H17FN2/c1-3-14(12-4-6-13(16)7-5-12)18-15-10-17-9-8-11(15)2/h4-10,14,18H,3H2,1-2H3. The molecule has 0 saturated heterocycles. The Morgan fingerprint density at radius 3 is 2.56 bits per heavy atom. The zero-order valence-electron chi connectivity index (χ0n) is 10.7. The quantitative estimate of drug-likeness (QED) is 0.876. The molecule has 1 heterocycles. The molecule has 1 atom stereocenters. The van der Waals surface area contributed by atoms with Gasteiger partial charge in [0.2, 0.25) is 0 Å². The number of aromatic nitrogens is 1. The van der Waals surface area contributed by atoms with Crippen molar-refractivity contribution in [1.82, 2.24) is 4.98 Å². The lowest BCUT2D eigenvalue weighted by molar-refractivity contribution is 0.625. The van der Waals surface area contributed by atoms with E-state index in [-0.39, 0.29) is 11.9 Å². The SMILES string of the molecule is CCC(Nc1cnccc1C)c1ccc(F)cc1. The van der Waals surface area contributed by atoms with Crippen LogP contribution in [0, 0.1) is 12.7 Å². The lowest BCUT2D eigenvalue weighted by Crippen LogP contribution is -2.10. The molecule has 0 radical (unpaired) electrons. The van der Waals surface area contributed by atoms with Gasteiger partial charge in [-0.1, -0.05) is 19.1 Å².